The molecule has 1 aromatic heterocycles. The summed E-state index contributed by atoms with van der Waals surface area (Å²) < 4.78 is 0. The zero-order valence-electron chi connectivity index (χ0n) is 17.2. The standard InChI is InChI=1S/C20H33N5OS.HI/c1-21-19(22-15-20(10-4-5-11-20)18(26)24(2)3)23-16-8-12-25(13-9-16)17-7-6-14-27-17;/h6-7,14,16H,4-5,8-13,15H2,1-3H3,(H2,21,22,23);1H. The van der Waals surface area contributed by atoms with Gasteiger partial charge >= 0.3 is 0 Å². The fraction of sp³-hybridized carbons (Fsp3) is 0.700. The summed E-state index contributed by atoms with van der Waals surface area (Å²) in [5, 5.41) is 10.5. The van der Waals surface area contributed by atoms with Crippen LogP contribution in [0.4, 0.5) is 5.00 Å². The van der Waals surface area contributed by atoms with Crippen molar-refractivity contribution < 1.29 is 4.79 Å². The molecule has 6 nitrogen and oxygen atoms in total. The molecule has 1 aromatic rings. The van der Waals surface area contributed by atoms with Crippen LogP contribution in [0.1, 0.15) is 38.5 Å². The van der Waals surface area contributed by atoms with E-state index < -0.39 is 0 Å². The van der Waals surface area contributed by atoms with Crippen molar-refractivity contribution in [2.45, 2.75) is 44.6 Å². The first-order valence-electron chi connectivity index (χ1n) is 10.0. The molecule has 2 N–H and O–H groups in total. The fourth-order valence-corrected chi connectivity index (χ4v) is 5.11. The van der Waals surface area contributed by atoms with Crippen LogP contribution in [0.5, 0.6) is 0 Å². The molecule has 0 spiro atoms. The van der Waals surface area contributed by atoms with Crippen LogP contribution >= 0.6 is 35.3 Å². The summed E-state index contributed by atoms with van der Waals surface area (Å²) in [6, 6.07) is 4.74. The number of hydrogen-bond donors (Lipinski definition) is 2. The van der Waals surface area contributed by atoms with Crippen LogP contribution in [0, 0.1) is 5.41 Å². The summed E-state index contributed by atoms with van der Waals surface area (Å²) in [6.07, 6.45) is 6.39. The SMILES string of the molecule is CN=C(NCC1(C(=O)N(C)C)CCCC1)NC1CCN(c2cccs2)CC1.I. The number of rotatable bonds is 5. The molecule has 2 fully saturated rings. The number of piperidine rings is 1. The molecule has 8 heteroatoms. The van der Waals surface area contributed by atoms with Gasteiger partial charge in [0.05, 0.1) is 10.4 Å². The monoisotopic (exact) mass is 519 g/mol. The van der Waals surface area contributed by atoms with E-state index in [1.165, 1.54) is 5.00 Å². The summed E-state index contributed by atoms with van der Waals surface area (Å²) in [6.45, 7) is 2.80. The van der Waals surface area contributed by atoms with Gasteiger partial charge in [0.15, 0.2) is 5.96 Å². The predicted molar refractivity (Wildman–Crippen MR) is 129 cm³/mol. The topological polar surface area (TPSA) is 60.0 Å². The van der Waals surface area contributed by atoms with E-state index in [2.05, 4.69) is 38.0 Å². The first-order valence-corrected chi connectivity index (χ1v) is 10.9. The quantitative estimate of drug-likeness (QED) is 0.357. The molecular formula is C20H34IN5OS. The van der Waals surface area contributed by atoms with Gasteiger partial charge < -0.3 is 20.4 Å². The Kier molecular flexibility index (Phi) is 8.85. The Morgan fingerprint density at radius 3 is 2.54 bits per heavy atom. The normalized spacial score (nSPS) is 19.8. The van der Waals surface area contributed by atoms with Crippen LogP contribution in [-0.4, -0.2) is 63.6 Å². The third-order valence-corrected chi connectivity index (χ3v) is 6.82. The van der Waals surface area contributed by atoms with Crippen molar-refractivity contribution in [3.8, 4) is 0 Å². The number of amides is 1. The predicted octanol–water partition coefficient (Wildman–Crippen LogP) is 3.15. The number of anilines is 1. The molecular weight excluding hydrogens is 485 g/mol. The highest BCUT2D eigenvalue weighted by Crippen LogP contribution is 2.38. The lowest BCUT2D eigenvalue weighted by Gasteiger charge is -2.35. The molecule has 0 unspecified atom stereocenters. The summed E-state index contributed by atoms with van der Waals surface area (Å²) >= 11 is 1.81. The molecule has 1 saturated heterocycles. The van der Waals surface area contributed by atoms with Gasteiger partial charge in [0, 0.05) is 46.8 Å². The Morgan fingerprint density at radius 2 is 2.00 bits per heavy atom. The van der Waals surface area contributed by atoms with Crippen molar-refractivity contribution in [3.05, 3.63) is 17.5 Å². The number of nitrogens with one attached hydrogen (secondary N) is 2. The molecule has 0 atom stereocenters. The fourth-order valence-electron chi connectivity index (χ4n) is 4.33. The Bertz CT molecular complexity index is 635. The van der Waals surface area contributed by atoms with Gasteiger partial charge in [0.25, 0.3) is 0 Å². The number of aliphatic imine (C=N–C) groups is 1. The Hall–Kier alpha value is -1.03. The second-order valence-electron chi connectivity index (χ2n) is 7.97. The number of thiophene rings is 1. The molecule has 1 aliphatic carbocycles. The molecule has 0 radical (unpaired) electrons. The smallest absolute Gasteiger partial charge is 0.230 e. The molecule has 2 aliphatic rings. The zero-order valence-corrected chi connectivity index (χ0v) is 20.4. The first-order chi connectivity index (χ1) is 13.0. The maximum atomic E-state index is 12.7. The lowest BCUT2D eigenvalue weighted by Crippen LogP contribution is -2.52. The van der Waals surface area contributed by atoms with E-state index in [1.807, 2.05) is 32.5 Å². The van der Waals surface area contributed by atoms with Gasteiger partial charge in [0.1, 0.15) is 0 Å². The van der Waals surface area contributed by atoms with E-state index in [0.717, 1.165) is 57.6 Å². The van der Waals surface area contributed by atoms with Crippen LogP contribution in [0.25, 0.3) is 0 Å². The number of nitrogens with zero attached hydrogens (tertiary/aromatic N) is 3. The van der Waals surface area contributed by atoms with Crippen molar-refractivity contribution in [1.82, 2.24) is 15.5 Å². The van der Waals surface area contributed by atoms with Gasteiger partial charge in [-0.15, -0.1) is 35.3 Å². The molecule has 28 heavy (non-hydrogen) atoms. The molecule has 1 aliphatic heterocycles. The maximum absolute atomic E-state index is 12.7. The first kappa shape index (κ1) is 23.3. The average molecular weight is 519 g/mol. The minimum atomic E-state index is -0.274. The zero-order chi connectivity index (χ0) is 19.3. The van der Waals surface area contributed by atoms with Crippen LogP contribution in [0.3, 0.4) is 0 Å². The average Bonchev–Trinajstić information content (AvgIpc) is 3.37. The third-order valence-electron chi connectivity index (χ3n) is 5.89. The highest BCUT2D eigenvalue weighted by molar-refractivity contribution is 14.0. The van der Waals surface area contributed by atoms with Gasteiger partial charge in [-0.2, -0.15) is 0 Å². The summed E-state index contributed by atoms with van der Waals surface area (Å²) in [7, 11) is 5.53. The Balaban J connectivity index is 0.00000280. The lowest BCUT2D eigenvalue weighted by atomic mass is 9.84. The lowest BCUT2D eigenvalue weighted by molar-refractivity contribution is -0.138. The van der Waals surface area contributed by atoms with Crippen molar-refractivity contribution in [1.29, 1.82) is 0 Å². The second-order valence-corrected chi connectivity index (χ2v) is 8.90. The molecule has 1 saturated carbocycles. The van der Waals surface area contributed by atoms with Crippen LogP contribution in [-0.2, 0) is 4.79 Å². The van der Waals surface area contributed by atoms with Crippen molar-refractivity contribution in [2.75, 3.05) is 45.7 Å². The van der Waals surface area contributed by atoms with Crippen molar-refractivity contribution >= 4 is 52.2 Å². The van der Waals surface area contributed by atoms with Gasteiger partial charge in [-0.1, -0.05) is 12.8 Å². The molecule has 2 heterocycles. The van der Waals surface area contributed by atoms with Crippen molar-refractivity contribution in [3.63, 3.8) is 0 Å². The minimum absolute atomic E-state index is 0. The number of hydrogen-bond acceptors (Lipinski definition) is 4. The molecule has 3 rings (SSSR count). The van der Waals surface area contributed by atoms with Gasteiger partial charge in [-0.3, -0.25) is 9.79 Å². The summed E-state index contributed by atoms with van der Waals surface area (Å²) in [5.41, 5.74) is -0.274. The molecule has 158 valence electrons. The van der Waals surface area contributed by atoms with E-state index in [9.17, 15) is 4.79 Å². The Labute approximate surface area is 190 Å². The van der Waals surface area contributed by atoms with Crippen LogP contribution in [0.15, 0.2) is 22.5 Å². The van der Waals surface area contributed by atoms with Gasteiger partial charge in [-0.05, 0) is 43.2 Å². The van der Waals surface area contributed by atoms with Crippen LogP contribution in [0.2, 0.25) is 0 Å². The van der Waals surface area contributed by atoms with Crippen molar-refractivity contribution in [2.24, 2.45) is 10.4 Å². The van der Waals surface area contributed by atoms with E-state index in [4.69, 9.17) is 0 Å². The highest BCUT2D eigenvalue weighted by Gasteiger charge is 2.42. The van der Waals surface area contributed by atoms with E-state index in [0.29, 0.717) is 12.6 Å². The van der Waals surface area contributed by atoms with Gasteiger partial charge in [0.2, 0.25) is 5.91 Å². The number of guanidine groups is 1. The van der Waals surface area contributed by atoms with Gasteiger partial charge in [-0.25, -0.2) is 0 Å². The number of carbonyl (C=O) groups is 1. The largest absolute Gasteiger partial charge is 0.363 e. The minimum Gasteiger partial charge on any atom is -0.363 e. The molecule has 1 amide bonds. The number of halogens is 1. The van der Waals surface area contributed by atoms with E-state index in [1.54, 1.807) is 4.90 Å². The van der Waals surface area contributed by atoms with E-state index in [-0.39, 0.29) is 35.3 Å². The summed E-state index contributed by atoms with van der Waals surface area (Å²) in [4.78, 5) is 21.3. The summed E-state index contributed by atoms with van der Waals surface area (Å²) in [5.74, 6) is 1.06. The molecule has 0 bridgehead atoms. The third kappa shape index (κ3) is 5.52. The maximum Gasteiger partial charge on any atom is 0.230 e. The van der Waals surface area contributed by atoms with E-state index >= 15 is 0 Å². The number of carbonyl (C=O) groups excluding carboxylic acids is 1. The second kappa shape index (κ2) is 10.7. The Morgan fingerprint density at radius 1 is 1.32 bits per heavy atom. The van der Waals surface area contributed by atoms with Crippen LogP contribution < -0.4 is 15.5 Å². The molecule has 0 aromatic carbocycles. The highest BCUT2D eigenvalue weighted by atomic mass is 127.